The SMILES string of the molecule is CCNCc1nnc(NCC2(CC(C)C)CCCC2)o1. The summed E-state index contributed by atoms with van der Waals surface area (Å²) in [7, 11) is 0. The zero-order valence-corrected chi connectivity index (χ0v) is 13.0. The van der Waals surface area contributed by atoms with E-state index in [1.807, 2.05) is 0 Å². The minimum atomic E-state index is 0.421. The van der Waals surface area contributed by atoms with Crippen LogP contribution in [0.15, 0.2) is 4.42 Å². The van der Waals surface area contributed by atoms with Crippen LogP contribution in [-0.4, -0.2) is 23.3 Å². The van der Waals surface area contributed by atoms with Crippen molar-refractivity contribution in [3.8, 4) is 0 Å². The summed E-state index contributed by atoms with van der Waals surface area (Å²) in [5.74, 6) is 1.39. The van der Waals surface area contributed by atoms with Crippen molar-refractivity contribution in [3.05, 3.63) is 5.89 Å². The molecular formula is C15H28N4O. The third-order valence-corrected chi connectivity index (χ3v) is 4.11. The predicted octanol–water partition coefficient (Wildman–Crippen LogP) is 3.20. The van der Waals surface area contributed by atoms with Crippen LogP contribution < -0.4 is 10.6 Å². The van der Waals surface area contributed by atoms with E-state index in [1.165, 1.54) is 32.1 Å². The number of nitrogens with zero attached hydrogens (tertiary/aromatic N) is 2. The van der Waals surface area contributed by atoms with Crippen molar-refractivity contribution in [2.45, 2.75) is 59.4 Å². The maximum atomic E-state index is 5.60. The molecule has 2 N–H and O–H groups in total. The first kappa shape index (κ1) is 15.3. The average molecular weight is 280 g/mol. The van der Waals surface area contributed by atoms with Gasteiger partial charge < -0.3 is 15.1 Å². The molecule has 0 unspecified atom stereocenters. The van der Waals surface area contributed by atoms with Crippen LogP contribution >= 0.6 is 0 Å². The molecule has 0 amide bonds. The van der Waals surface area contributed by atoms with Gasteiger partial charge in [0.15, 0.2) is 0 Å². The topological polar surface area (TPSA) is 63.0 Å². The molecule has 114 valence electrons. The summed E-state index contributed by atoms with van der Waals surface area (Å²) in [6, 6.07) is 0.563. The highest BCUT2D eigenvalue weighted by Gasteiger charge is 2.34. The van der Waals surface area contributed by atoms with Crippen LogP contribution in [0.25, 0.3) is 0 Å². The Morgan fingerprint density at radius 2 is 2.00 bits per heavy atom. The zero-order valence-electron chi connectivity index (χ0n) is 13.0. The Morgan fingerprint density at radius 1 is 1.25 bits per heavy atom. The van der Waals surface area contributed by atoms with E-state index in [0.29, 0.717) is 23.9 Å². The quantitative estimate of drug-likeness (QED) is 0.765. The molecule has 1 saturated carbocycles. The Labute approximate surface area is 121 Å². The fourth-order valence-electron chi connectivity index (χ4n) is 3.34. The summed E-state index contributed by atoms with van der Waals surface area (Å²) in [4.78, 5) is 0. The number of hydrogen-bond acceptors (Lipinski definition) is 5. The summed E-state index contributed by atoms with van der Waals surface area (Å²) in [5, 5.41) is 14.7. The first-order valence-electron chi connectivity index (χ1n) is 7.90. The van der Waals surface area contributed by atoms with E-state index in [0.717, 1.165) is 19.0 Å². The van der Waals surface area contributed by atoms with Gasteiger partial charge in [-0.15, -0.1) is 5.10 Å². The van der Waals surface area contributed by atoms with Crippen LogP contribution in [0.2, 0.25) is 0 Å². The van der Waals surface area contributed by atoms with Crippen LogP contribution in [0.3, 0.4) is 0 Å². The van der Waals surface area contributed by atoms with Gasteiger partial charge in [-0.25, -0.2) is 0 Å². The molecule has 1 aliphatic rings. The van der Waals surface area contributed by atoms with Crippen molar-refractivity contribution in [2.24, 2.45) is 11.3 Å². The van der Waals surface area contributed by atoms with Crippen LogP contribution in [0.1, 0.15) is 58.8 Å². The van der Waals surface area contributed by atoms with Gasteiger partial charge in [-0.05, 0) is 37.1 Å². The lowest BCUT2D eigenvalue weighted by Crippen LogP contribution is -2.28. The van der Waals surface area contributed by atoms with Gasteiger partial charge in [-0.1, -0.05) is 38.7 Å². The number of anilines is 1. The van der Waals surface area contributed by atoms with E-state index >= 15 is 0 Å². The Kier molecular flexibility index (Phi) is 5.40. The second-order valence-corrected chi connectivity index (χ2v) is 6.44. The zero-order chi connectivity index (χ0) is 14.4. The lowest BCUT2D eigenvalue weighted by Gasteiger charge is -2.30. The molecule has 2 rings (SSSR count). The first-order valence-corrected chi connectivity index (χ1v) is 7.90. The van der Waals surface area contributed by atoms with Gasteiger partial charge in [0.05, 0.1) is 6.54 Å². The third kappa shape index (κ3) is 4.20. The van der Waals surface area contributed by atoms with E-state index in [2.05, 4.69) is 41.6 Å². The monoisotopic (exact) mass is 280 g/mol. The smallest absolute Gasteiger partial charge is 0.315 e. The first-order chi connectivity index (χ1) is 9.63. The highest BCUT2D eigenvalue weighted by Crippen LogP contribution is 2.43. The third-order valence-electron chi connectivity index (χ3n) is 4.11. The number of aromatic nitrogens is 2. The summed E-state index contributed by atoms with van der Waals surface area (Å²) >= 11 is 0. The normalized spacial score (nSPS) is 17.8. The summed E-state index contributed by atoms with van der Waals surface area (Å²) in [5.41, 5.74) is 0.421. The van der Waals surface area contributed by atoms with Gasteiger partial charge in [0, 0.05) is 6.54 Å². The molecule has 5 heteroatoms. The second-order valence-electron chi connectivity index (χ2n) is 6.44. The molecule has 0 saturated heterocycles. The maximum absolute atomic E-state index is 5.60. The van der Waals surface area contributed by atoms with Gasteiger partial charge in [-0.2, -0.15) is 0 Å². The molecule has 20 heavy (non-hydrogen) atoms. The summed E-state index contributed by atoms with van der Waals surface area (Å²) in [6.07, 6.45) is 6.61. The maximum Gasteiger partial charge on any atom is 0.315 e. The standard InChI is InChI=1S/C15H28N4O/c1-4-16-10-13-18-19-14(20-13)17-11-15(9-12(2)3)7-5-6-8-15/h12,16H,4-11H2,1-3H3,(H,17,19). The molecule has 1 aromatic rings. The van der Waals surface area contributed by atoms with Crippen molar-refractivity contribution in [1.82, 2.24) is 15.5 Å². The van der Waals surface area contributed by atoms with Crippen molar-refractivity contribution in [2.75, 3.05) is 18.4 Å². The van der Waals surface area contributed by atoms with Crippen molar-refractivity contribution >= 4 is 6.01 Å². The van der Waals surface area contributed by atoms with E-state index in [-0.39, 0.29) is 0 Å². The molecule has 0 aliphatic heterocycles. The van der Waals surface area contributed by atoms with Crippen LogP contribution in [0.4, 0.5) is 6.01 Å². The second kappa shape index (κ2) is 7.07. The van der Waals surface area contributed by atoms with Crippen LogP contribution in [-0.2, 0) is 6.54 Å². The number of nitrogens with one attached hydrogen (secondary N) is 2. The molecule has 0 spiro atoms. The fourth-order valence-corrected chi connectivity index (χ4v) is 3.34. The molecule has 1 fully saturated rings. The Bertz CT molecular complexity index is 396. The van der Waals surface area contributed by atoms with Gasteiger partial charge in [-0.3, -0.25) is 0 Å². The van der Waals surface area contributed by atoms with Crippen LogP contribution in [0, 0.1) is 11.3 Å². The highest BCUT2D eigenvalue weighted by molar-refractivity contribution is 5.18. The Morgan fingerprint density at radius 3 is 2.65 bits per heavy atom. The predicted molar refractivity (Wildman–Crippen MR) is 80.5 cm³/mol. The molecular weight excluding hydrogens is 252 g/mol. The van der Waals surface area contributed by atoms with Gasteiger partial charge >= 0.3 is 6.01 Å². The highest BCUT2D eigenvalue weighted by atomic mass is 16.4. The molecule has 0 radical (unpaired) electrons. The van der Waals surface area contributed by atoms with E-state index in [4.69, 9.17) is 4.42 Å². The average Bonchev–Trinajstić information content (AvgIpc) is 3.03. The Balaban J connectivity index is 1.87. The van der Waals surface area contributed by atoms with Gasteiger partial charge in [0.1, 0.15) is 0 Å². The molecule has 0 aromatic carbocycles. The van der Waals surface area contributed by atoms with Gasteiger partial charge in [0.25, 0.3) is 0 Å². The van der Waals surface area contributed by atoms with Crippen molar-refractivity contribution in [3.63, 3.8) is 0 Å². The molecule has 5 nitrogen and oxygen atoms in total. The van der Waals surface area contributed by atoms with Crippen LogP contribution in [0.5, 0.6) is 0 Å². The summed E-state index contributed by atoms with van der Waals surface area (Å²) < 4.78 is 5.60. The van der Waals surface area contributed by atoms with Gasteiger partial charge in [0.2, 0.25) is 5.89 Å². The van der Waals surface area contributed by atoms with E-state index < -0.39 is 0 Å². The molecule has 1 heterocycles. The largest absolute Gasteiger partial charge is 0.407 e. The van der Waals surface area contributed by atoms with Crippen molar-refractivity contribution in [1.29, 1.82) is 0 Å². The minimum Gasteiger partial charge on any atom is -0.407 e. The minimum absolute atomic E-state index is 0.421. The fraction of sp³-hybridized carbons (Fsp3) is 0.867. The Hall–Kier alpha value is -1.10. The lowest BCUT2D eigenvalue weighted by molar-refractivity contribution is 0.250. The summed E-state index contributed by atoms with van der Waals surface area (Å²) in [6.45, 7) is 9.17. The van der Waals surface area contributed by atoms with Crippen molar-refractivity contribution < 1.29 is 4.42 Å². The molecule has 1 aliphatic carbocycles. The number of rotatable bonds is 8. The number of hydrogen-bond donors (Lipinski definition) is 2. The van der Waals surface area contributed by atoms with E-state index in [9.17, 15) is 0 Å². The molecule has 0 atom stereocenters. The molecule has 0 bridgehead atoms. The van der Waals surface area contributed by atoms with E-state index in [1.54, 1.807) is 0 Å². The molecule has 1 aromatic heterocycles. The lowest BCUT2D eigenvalue weighted by atomic mass is 9.78.